The van der Waals surface area contributed by atoms with E-state index >= 15 is 0 Å². The summed E-state index contributed by atoms with van der Waals surface area (Å²) in [4.78, 5) is 26.4. The molecule has 0 saturated carbocycles. The van der Waals surface area contributed by atoms with E-state index in [-0.39, 0.29) is 17.8 Å². The van der Waals surface area contributed by atoms with Crippen LogP contribution in [0.25, 0.3) is 0 Å². The predicted octanol–water partition coefficient (Wildman–Crippen LogP) is 3.66. The molecule has 1 heterocycles. The van der Waals surface area contributed by atoms with E-state index in [2.05, 4.69) is 5.32 Å². The summed E-state index contributed by atoms with van der Waals surface area (Å²) in [6.07, 6.45) is -4.53. The van der Waals surface area contributed by atoms with Gasteiger partial charge in [0.2, 0.25) is 11.8 Å². The highest BCUT2D eigenvalue weighted by Crippen LogP contribution is 2.37. The largest absolute Gasteiger partial charge is 0.416 e. The predicted molar refractivity (Wildman–Crippen MR) is 90.3 cm³/mol. The third-order valence-electron chi connectivity index (χ3n) is 4.57. The van der Waals surface area contributed by atoms with Crippen molar-refractivity contribution in [3.63, 3.8) is 0 Å². The number of halogens is 4. The summed E-state index contributed by atoms with van der Waals surface area (Å²) in [6.45, 7) is 0.0928. The Hall–Kier alpha value is -2.90. The van der Waals surface area contributed by atoms with Crippen molar-refractivity contribution in [1.82, 2.24) is 4.90 Å². The van der Waals surface area contributed by atoms with Gasteiger partial charge in [-0.3, -0.25) is 9.59 Å². The van der Waals surface area contributed by atoms with E-state index in [0.29, 0.717) is 0 Å². The van der Waals surface area contributed by atoms with Gasteiger partial charge in [-0.05, 0) is 23.8 Å². The molecule has 2 amide bonds. The summed E-state index contributed by atoms with van der Waals surface area (Å²) in [5.41, 5.74) is -0.709. The second-order valence-electron chi connectivity index (χ2n) is 6.40. The second-order valence-corrected chi connectivity index (χ2v) is 6.40. The van der Waals surface area contributed by atoms with Crippen molar-refractivity contribution in [3.8, 4) is 0 Å². The van der Waals surface area contributed by atoms with E-state index in [1.807, 2.05) is 0 Å². The molecule has 8 heteroatoms. The molecule has 0 aromatic heterocycles. The van der Waals surface area contributed by atoms with Gasteiger partial charge in [0, 0.05) is 19.5 Å². The zero-order chi connectivity index (χ0) is 19.8. The summed E-state index contributed by atoms with van der Waals surface area (Å²) < 4.78 is 52.8. The van der Waals surface area contributed by atoms with Gasteiger partial charge in [0.15, 0.2) is 0 Å². The van der Waals surface area contributed by atoms with Crippen molar-refractivity contribution < 1.29 is 27.2 Å². The van der Waals surface area contributed by atoms with Crippen LogP contribution in [0.3, 0.4) is 0 Å². The first-order chi connectivity index (χ1) is 12.7. The van der Waals surface area contributed by atoms with Crippen LogP contribution in [0.1, 0.15) is 17.0 Å². The maximum Gasteiger partial charge on any atom is 0.416 e. The van der Waals surface area contributed by atoms with Gasteiger partial charge in [0.1, 0.15) is 11.7 Å². The van der Waals surface area contributed by atoms with Crippen LogP contribution in [0.4, 0.5) is 23.2 Å². The maximum atomic E-state index is 13.8. The minimum atomic E-state index is -4.53. The normalized spacial score (nSPS) is 20.0. The molecule has 2 aromatic carbocycles. The van der Waals surface area contributed by atoms with Crippen molar-refractivity contribution in [3.05, 3.63) is 65.5 Å². The quantitative estimate of drug-likeness (QED) is 0.653. The molecule has 0 bridgehead atoms. The number of para-hydroxylation sites is 1. The van der Waals surface area contributed by atoms with Crippen molar-refractivity contribution >= 4 is 17.5 Å². The van der Waals surface area contributed by atoms with Crippen LogP contribution < -0.4 is 5.32 Å². The average molecular weight is 380 g/mol. The molecule has 0 radical (unpaired) electrons. The first-order valence-electron chi connectivity index (χ1n) is 8.16. The van der Waals surface area contributed by atoms with Gasteiger partial charge in [-0.25, -0.2) is 4.39 Å². The number of alkyl halides is 3. The molecule has 2 atom stereocenters. The zero-order valence-electron chi connectivity index (χ0n) is 14.3. The molecule has 1 fully saturated rings. The lowest BCUT2D eigenvalue weighted by Crippen LogP contribution is -2.33. The van der Waals surface area contributed by atoms with Crippen molar-refractivity contribution in [2.45, 2.75) is 12.1 Å². The first-order valence-corrected chi connectivity index (χ1v) is 8.16. The van der Waals surface area contributed by atoms with E-state index < -0.39 is 41.2 Å². The number of nitrogens with zero attached hydrogens (tertiary/aromatic N) is 1. The van der Waals surface area contributed by atoms with E-state index in [4.69, 9.17) is 0 Å². The minimum absolute atomic E-state index is 0.0901. The Balaban J connectivity index is 1.92. The Morgan fingerprint density at radius 3 is 2.52 bits per heavy atom. The highest BCUT2D eigenvalue weighted by atomic mass is 19.4. The Morgan fingerprint density at radius 1 is 1.15 bits per heavy atom. The number of amides is 2. The molecule has 1 aliphatic rings. The Morgan fingerprint density at radius 2 is 1.85 bits per heavy atom. The van der Waals surface area contributed by atoms with Crippen LogP contribution in [0.5, 0.6) is 0 Å². The fraction of sp³-hybridized carbons (Fsp3) is 0.263. The van der Waals surface area contributed by atoms with Gasteiger partial charge in [0.05, 0.1) is 11.3 Å². The molecule has 1 saturated heterocycles. The summed E-state index contributed by atoms with van der Waals surface area (Å²) in [7, 11) is 1.47. The molecule has 1 aliphatic heterocycles. The lowest BCUT2D eigenvalue weighted by molar-refractivity contribution is -0.137. The van der Waals surface area contributed by atoms with Crippen molar-refractivity contribution in [2.24, 2.45) is 5.92 Å². The lowest BCUT2D eigenvalue weighted by atomic mass is 9.87. The number of likely N-dealkylation sites (tertiary alicyclic amines) is 1. The number of hydrogen-bond acceptors (Lipinski definition) is 2. The number of carbonyl (C=O) groups excluding carboxylic acids is 2. The molecule has 142 valence electrons. The van der Waals surface area contributed by atoms with Crippen LogP contribution in [-0.4, -0.2) is 30.3 Å². The number of rotatable bonds is 3. The summed E-state index contributed by atoms with van der Waals surface area (Å²) in [6, 6.07) is 10.0. The van der Waals surface area contributed by atoms with Gasteiger partial charge < -0.3 is 10.2 Å². The summed E-state index contributed by atoms with van der Waals surface area (Å²) in [5, 5.41) is 2.36. The van der Waals surface area contributed by atoms with E-state index in [9.17, 15) is 27.2 Å². The molecule has 27 heavy (non-hydrogen) atoms. The summed E-state index contributed by atoms with van der Waals surface area (Å²) in [5.74, 6) is -3.95. The van der Waals surface area contributed by atoms with Crippen LogP contribution in [0.15, 0.2) is 48.5 Å². The fourth-order valence-electron chi connectivity index (χ4n) is 3.21. The topological polar surface area (TPSA) is 49.4 Å². The third kappa shape index (κ3) is 3.79. The molecule has 3 rings (SSSR count). The molecule has 1 N–H and O–H groups in total. The SMILES string of the molecule is CN1C[C@H](c2cccc(C(F)(F)F)c2)[C@H](C(=O)Nc2ccccc2F)C1=O. The zero-order valence-corrected chi connectivity index (χ0v) is 14.3. The van der Waals surface area contributed by atoms with Crippen LogP contribution >= 0.6 is 0 Å². The van der Waals surface area contributed by atoms with Crippen molar-refractivity contribution in [2.75, 3.05) is 18.9 Å². The molecular formula is C19H16F4N2O2. The number of carbonyl (C=O) groups is 2. The number of likely N-dealkylation sites (N-methyl/N-ethyl adjacent to an activating group) is 1. The minimum Gasteiger partial charge on any atom is -0.344 e. The number of anilines is 1. The van der Waals surface area contributed by atoms with Crippen LogP contribution in [-0.2, 0) is 15.8 Å². The number of nitrogens with one attached hydrogen (secondary N) is 1. The third-order valence-corrected chi connectivity index (χ3v) is 4.57. The Kier molecular flexibility index (Phi) is 4.91. The Labute approximate surface area is 152 Å². The molecule has 0 unspecified atom stereocenters. The first kappa shape index (κ1) is 18.9. The fourth-order valence-corrected chi connectivity index (χ4v) is 3.21. The average Bonchev–Trinajstić information content (AvgIpc) is 2.91. The van der Waals surface area contributed by atoms with E-state index in [0.717, 1.165) is 18.2 Å². The monoisotopic (exact) mass is 380 g/mol. The summed E-state index contributed by atoms with van der Waals surface area (Å²) >= 11 is 0. The standard InChI is InChI=1S/C19H16F4N2O2/c1-25-10-13(11-5-4-6-12(9-11)19(21,22)23)16(18(25)27)17(26)24-15-8-3-2-7-14(15)20/h2-9,13,16H,10H2,1H3,(H,24,26)/t13-,16-/m1/s1. The lowest BCUT2D eigenvalue weighted by Gasteiger charge is -2.18. The van der Waals surface area contributed by atoms with Gasteiger partial charge in [-0.1, -0.05) is 30.3 Å². The molecule has 0 aliphatic carbocycles. The van der Waals surface area contributed by atoms with E-state index in [1.165, 1.54) is 42.3 Å². The number of hydrogen-bond donors (Lipinski definition) is 1. The second kappa shape index (κ2) is 7.02. The van der Waals surface area contributed by atoms with Gasteiger partial charge in [-0.2, -0.15) is 13.2 Å². The molecule has 4 nitrogen and oxygen atoms in total. The molecule has 0 spiro atoms. The maximum absolute atomic E-state index is 13.8. The van der Waals surface area contributed by atoms with Crippen LogP contribution in [0, 0.1) is 11.7 Å². The van der Waals surface area contributed by atoms with Gasteiger partial charge in [-0.15, -0.1) is 0 Å². The Bertz CT molecular complexity index is 882. The van der Waals surface area contributed by atoms with Gasteiger partial charge in [0.25, 0.3) is 0 Å². The highest BCUT2D eigenvalue weighted by molar-refractivity contribution is 6.08. The van der Waals surface area contributed by atoms with Gasteiger partial charge >= 0.3 is 6.18 Å². The number of benzene rings is 2. The van der Waals surface area contributed by atoms with E-state index in [1.54, 1.807) is 0 Å². The molecule has 2 aromatic rings. The van der Waals surface area contributed by atoms with Crippen LogP contribution in [0.2, 0.25) is 0 Å². The molecular weight excluding hydrogens is 364 g/mol. The highest BCUT2D eigenvalue weighted by Gasteiger charge is 2.45. The van der Waals surface area contributed by atoms with Crippen molar-refractivity contribution in [1.29, 1.82) is 0 Å². The smallest absolute Gasteiger partial charge is 0.344 e.